The molecule has 0 atom stereocenters. The molecule has 1 aromatic carbocycles. The summed E-state index contributed by atoms with van der Waals surface area (Å²) in [7, 11) is 0. The Labute approximate surface area is 82.0 Å². The molecule has 2 N–H and O–H groups in total. The largest absolute Gasteiger partial charge is 0.366 e. The summed E-state index contributed by atoms with van der Waals surface area (Å²) >= 11 is 5.61. The van der Waals surface area contributed by atoms with E-state index in [1.54, 1.807) is 6.08 Å². The summed E-state index contributed by atoms with van der Waals surface area (Å²) in [6.07, 6.45) is 3.00. The smallest absolute Gasteiger partial charge is 0.241 e. The standard InChI is InChI=1S/C10H10ClNO/c11-7-9-3-1-8(2-4-9)5-6-10(12)13/h1-6H,7H2,(H2,12,13). The van der Waals surface area contributed by atoms with Crippen molar-refractivity contribution in [2.75, 3.05) is 0 Å². The molecule has 2 nitrogen and oxygen atoms in total. The zero-order chi connectivity index (χ0) is 9.68. The Morgan fingerprint density at radius 3 is 2.46 bits per heavy atom. The van der Waals surface area contributed by atoms with Gasteiger partial charge in [-0.3, -0.25) is 4.79 Å². The van der Waals surface area contributed by atoms with E-state index in [-0.39, 0.29) is 0 Å². The summed E-state index contributed by atoms with van der Waals surface area (Å²) in [5, 5.41) is 0. The maximum atomic E-state index is 10.4. The highest BCUT2D eigenvalue weighted by Gasteiger charge is 1.90. The lowest BCUT2D eigenvalue weighted by atomic mass is 10.1. The van der Waals surface area contributed by atoms with Gasteiger partial charge in [-0.05, 0) is 17.2 Å². The summed E-state index contributed by atoms with van der Waals surface area (Å²) < 4.78 is 0. The number of halogens is 1. The first-order valence-corrected chi connectivity index (χ1v) is 4.38. The van der Waals surface area contributed by atoms with Crippen molar-refractivity contribution in [3.63, 3.8) is 0 Å². The minimum absolute atomic E-state index is 0.443. The minimum Gasteiger partial charge on any atom is -0.366 e. The highest BCUT2D eigenvalue weighted by Crippen LogP contribution is 2.07. The van der Waals surface area contributed by atoms with Gasteiger partial charge in [0.15, 0.2) is 0 Å². The van der Waals surface area contributed by atoms with Crippen LogP contribution in [-0.4, -0.2) is 5.91 Å². The van der Waals surface area contributed by atoms with Crippen LogP contribution in [0.15, 0.2) is 30.3 Å². The van der Waals surface area contributed by atoms with Crippen molar-refractivity contribution in [2.45, 2.75) is 5.88 Å². The van der Waals surface area contributed by atoms with E-state index in [9.17, 15) is 4.79 Å². The summed E-state index contributed by atoms with van der Waals surface area (Å²) in [5.41, 5.74) is 6.94. The van der Waals surface area contributed by atoms with Crippen molar-refractivity contribution >= 4 is 23.6 Å². The van der Waals surface area contributed by atoms with Crippen LogP contribution in [0.4, 0.5) is 0 Å². The predicted octanol–water partition coefficient (Wildman–Crippen LogP) is 1.92. The molecule has 1 amide bonds. The fourth-order valence-electron chi connectivity index (χ4n) is 0.896. The first-order chi connectivity index (χ1) is 6.22. The Hall–Kier alpha value is -1.28. The fourth-order valence-corrected chi connectivity index (χ4v) is 1.07. The molecular formula is C10H10ClNO. The summed E-state index contributed by atoms with van der Waals surface area (Å²) in [6.45, 7) is 0. The van der Waals surface area contributed by atoms with Crippen LogP contribution >= 0.6 is 11.6 Å². The van der Waals surface area contributed by atoms with E-state index in [4.69, 9.17) is 17.3 Å². The van der Waals surface area contributed by atoms with Crippen LogP contribution < -0.4 is 5.73 Å². The number of amides is 1. The van der Waals surface area contributed by atoms with Crippen LogP contribution in [0.5, 0.6) is 0 Å². The first-order valence-electron chi connectivity index (χ1n) is 3.85. The van der Waals surface area contributed by atoms with Crippen molar-refractivity contribution in [1.82, 2.24) is 0 Å². The molecule has 0 aliphatic carbocycles. The Kier molecular flexibility index (Phi) is 3.53. The van der Waals surface area contributed by atoms with E-state index < -0.39 is 5.91 Å². The van der Waals surface area contributed by atoms with E-state index in [1.165, 1.54) is 6.08 Å². The molecule has 1 aromatic rings. The molecule has 0 radical (unpaired) electrons. The summed E-state index contributed by atoms with van der Waals surface area (Å²) in [4.78, 5) is 10.4. The monoisotopic (exact) mass is 195 g/mol. The molecule has 1 rings (SSSR count). The average molecular weight is 196 g/mol. The Morgan fingerprint density at radius 2 is 2.00 bits per heavy atom. The molecular weight excluding hydrogens is 186 g/mol. The number of benzene rings is 1. The van der Waals surface area contributed by atoms with Gasteiger partial charge in [-0.1, -0.05) is 24.3 Å². The van der Waals surface area contributed by atoms with Gasteiger partial charge in [0.1, 0.15) is 0 Å². The molecule has 13 heavy (non-hydrogen) atoms. The lowest BCUT2D eigenvalue weighted by Gasteiger charge is -1.95. The molecule has 0 unspecified atom stereocenters. The third kappa shape index (κ3) is 3.30. The summed E-state index contributed by atoms with van der Waals surface area (Å²) in [5.74, 6) is 0.0567. The number of hydrogen-bond acceptors (Lipinski definition) is 1. The fraction of sp³-hybridized carbons (Fsp3) is 0.100. The van der Waals surface area contributed by atoms with Gasteiger partial charge >= 0.3 is 0 Å². The van der Waals surface area contributed by atoms with Crippen LogP contribution in [0, 0.1) is 0 Å². The number of primary amides is 1. The normalized spacial score (nSPS) is 10.5. The van der Waals surface area contributed by atoms with Gasteiger partial charge in [-0.25, -0.2) is 0 Å². The third-order valence-corrected chi connectivity index (χ3v) is 1.88. The molecule has 0 spiro atoms. The highest BCUT2D eigenvalue weighted by atomic mass is 35.5. The second-order valence-electron chi connectivity index (χ2n) is 2.61. The maximum Gasteiger partial charge on any atom is 0.241 e. The minimum atomic E-state index is -0.443. The molecule has 0 bridgehead atoms. The third-order valence-electron chi connectivity index (χ3n) is 1.57. The van der Waals surface area contributed by atoms with Gasteiger partial charge in [0.05, 0.1) is 0 Å². The topological polar surface area (TPSA) is 43.1 Å². The number of carbonyl (C=O) groups excluding carboxylic acids is 1. The lowest BCUT2D eigenvalue weighted by molar-refractivity contribution is -0.113. The van der Waals surface area contributed by atoms with Gasteiger partial charge in [-0.15, -0.1) is 11.6 Å². The average Bonchev–Trinajstić information content (AvgIpc) is 2.15. The van der Waals surface area contributed by atoms with Crippen molar-refractivity contribution in [2.24, 2.45) is 5.73 Å². The molecule has 68 valence electrons. The van der Waals surface area contributed by atoms with Gasteiger partial charge in [0.25, 0.3) is 0 Å². The van der Waals surface area contributed by atoms with E-state index in [1.807, 2.05) is 24.3 Å². The van der Waals surface area contributed by atoms with E-state index in [0.29, 0.717) is 5.88 Å². The molecule has 3 heteroatoms. The first kappa shape index (κ1) is 9.81. The van der Waals surface area contributed by atoms with E-state index >= 15 is 0 Å². The Bertz CT molecular complexity index is 316. The molecule has 0 fully saturated rings. The molecule has 0 saturated heterocycles. The number of rotatable bonds is 3. The van der Waals surface area contributed by atoms with Gasteiger partial charge in [-0.2, -0.15) is 0 Å². The quantitative estimate of drug-likeness (QED) is 0.581. The van der Waals surface area contributed by atoms with Crippen LogP contribution in [-0.2, 0) is 10.7 Å². The molecule has 0 aliphatic rings. The molecule has 0 aromatic heterocycles. The highest BCUT2D eigenvalue weighted by molar-refractivity contribution is 6.17. The molecule has 0 aliphatic heterocycles. The van der Waals surface area contributed by atoms with Crippen molar-refractivity contribution in [3.05, 3.63) is 41.5 Å². The lowest BCUT2D eigenvalue weighted by Crippen LogP contribution is -2.04. The summed E-state index contributed by atoms with van der Waals surface area (Å²) in [6, 6.07) is 7.59. The Morgan fingerprint density at radius 1 is 1.38 bits per heavy atom. The van der Waals surface area contributed by atoms with Crippen molar-refractivity contribution < 1.29 is 4.79 Å². The molecule has 0 saturated carbocycles. The zero-order valence-electron chi connectivity index (χ0n) is 7.03. The van der Waals surface area contributed by atoms with Gasteiger partial charge < -0.3 is 5.73 Å². The van der Waals surface area contributed by atoms with Crippen molar-refractivity contribution in [1.29, 1.82) is 0 Å². The second kappa shape index (κ2) is 4.67. The van der Waals surface area contributed by atoms with E-state index in [0.717, 1.165) is 11.1 Å². The van der Waals surface area contributed by atoms with E-state index in [2.05, 4.69) is 0 Å². The maximum absolute atomic E-state index is 10.4. The predicted molar refractivity (Wildman–Crippen MR) is 54.2 cm³/mol. The van der Waals surface area contributed by atoms with Crippen LogP contribution in [0.2, 0.25) is 0 Å². The SMILES string of the molecule is NC(=O)C=Cc1ccc(CCl)cc1. The second-order valence-corrected chi connectivity index (χ2v) is 2.88. The number of carbonyl (C=O) groups is 1. The Balaban J connectivity index is 2.75. The van der Waals surface area contributed by atoms with Crippen LogP contribution in [0.1, 0.15) is 11.1 Å². The number of nitrogens with two attached hydrogens (primary N) is 1. The van der Waals surface area contributed by atoms with Crippen LogP contribution in [0.3, 0.4) is 0 Å². The number of alkyl halides is 1. The zero-order valence-corrected chi connectivity index (χ0v) is 7.79. The number of hydrogen-bond donors (Lipinski definition) is 1. The van der Waals surface area contributed by atoms with Crippen LogP contribution in [0.25, 0.3) is 6.08 Å². The van der Waals surface area contributed by atoms with Gasteiger partial charge in [0.2, 0.25) is 5.91 Å². The molecule has 0 heterocycles. The van der Waals surface area contributed by atoms with Gasteiger partial charge in [0, 0.05) is 12.0 Å². The van der Waals surface area contributed by atoms with Crippen molar-refractivity contribution in [3.8, 4) is 0 Å².